The number of ether oxygens (including phenoxy) is 4. The normalized spacial score (nSPS) is 27.5. The summed E-state index contributed by atoms with van der Waals surface area (Å²) < 4.78 is 63.1. The molecule has 3 aliphatic rings. The molecule has 2 unspecified atom stereocenters. The smallest absolute Gasteiger partial charge is 0.353 e. The molecule has 3 heterocycles. The van der Waals surface area contributed by atoms with Crippen molar-refractivity contribution >= 4 is 17.6 Å². The number of hydrogen-bond donors (Lipinski definition) is 1. The van der Waals surface area contributed by atoms with Gasteiger partial charge in [0.1, 0.15) is 0 Å². The minimum absolute atomic E-state index is 0.298. The number of rotatable bonds is 7. The lowest BCUT2D eigenvalue weighted by molar-refractivity contribution is -0.195. The Morgan fingerprint density at radius 2 is 1.66 bits per heavy atom. The van der Waals surface area contributed by atoms with E-state index < -0.39 is 47.4 Å². The number of urea groups is 1. The van der Waals surface area contributed by atoms with Gasteiger partial charge in [-0.15, -0.1) is 0 Å². The summed E-state index contributed by atoms with van der Waals surface area (Å²) in [4.78, 5) is 27.1. The zero-order valence-corrected chi connectivity index (χ0v) is 18.9. The molecule has 3 aliphatic heterocycles. The van der Waals surface area contributed by atoms with Gasteiger partial charge in [0.25, 0.3) is 5.91 Å². The molecule has 1 aromatic rings. The summed E-state index contributed by atoms with van der Waals surface area (Å²) in [7, 11) is 0. The molecule has 3 saturated heterocycles. The molecule has 3 amide bonds. The highest BCUT2D eigenvalue weighted by atomic mass is 19.4. The van der Waals surface area contributed by atoms with Gasteiger partial charge in [-0.1, -0.05) is 0 Å². The Balaban J connectivity index is 1.60. The van der Waals surface area contributed by atoms with Gasteiger partial charge in [0, 0.05) is 13.2 Å². The average Bonchev–Trinajstić information content (AvgIpc) is 3.11. The molecule has 1 aromatic carbocycles. The number of carbonyl (C=O) groups excluding carboxylic acids is 2. The third kappa shape index (κ3) is 5.59. The standard InChI is InChI=1S/C23H26F3N3O6/c24-23(25,26)17-11-16(8-7-15(17)12-27)29-20(30)22(28-21(29)31,13-34-18-5-1-3-9-32-18)14-35-19-6-2-4-10-33-19/h7-8,11,18-19H,1-6,9-10,13-14H2,(H,28,31). The Kier molecular flexibility index (Phi) is 7.61. The van der Waals surface area contributed by atoms with E-state index in [9.17, 15) is 22.8 Å². The summed E-state index contributed by atoms with van der Waals surface area (Å²) >= 11 is 0. The van der Waals surface area contributed by atoms with Gasteiger partial charge in [0.2, 0.25) is 0 Å². The third-order valence-electron chi connectivity index (χ3n) is 6.16. The SMILES string of the molecule is N#Cc1ccc(N2C(=O)NC(COC3CCCCO3)(COC3CCCCO3)C2=O)cc1C(F)(F)F. The van der Waals surface area contributed by atoms with E-state index in [1.807, 2.05) is 0 Å². The van der Waals surface area contributed by atoms with Crippen LogP contribution in [0.15, 0.2) is 18.2 Å². The second-order valence-electron chi connectivity index (χ2n) is 8.71. The molecule has 0 saturated carbocycles. The highest BCUT2D eigenvalue weighted by molar-refractivity contribution is 6.23. The van der Waals surface area contributed by atoms with Crippen LogP contribution in [0.4, 0.5) is 23.7 Å². The number of nitriles is 1. The van der Waals surface area contributed by atoms with Crippen LogP contribution in [0, 0.1) is 11.3 Å². The van der Waals surface area contributed by atoms with Crippen molar-refractivity contribution in [3.63, 3.8) is 0 Å². The monoisotopic (exact) mass is 497 g/mol. The first kappa shape index (κ1) is 25.4. The second-order valence-corrected chi connectivity index (χ2v) is 8.71. The van der Waals surface area contributed by atoms with Crippen LogP contribution in [-0.2, 0) is 29.9 Å². The van der Waals surface area contributed by atoms with Crippen molar-refractivity contribution in [3.8, 4) is 6.07 Å². The summed E-state index contributed by atoms with van der Waals surface area (Å²) in [5.74, 6) is -0.827. The number of carbonyl (C=O) groups is 2. The maximum atomic E-state index is 13.6. The zero-order chi connectivity index (χ0) is 25.1. The molecule has 0 spiro atoms. The highest BCUT2D eigenvalue weighted by Crippen LogP contribution is 2.36. The van der Waals surface area contributed by atoms with Crippen LogP contribution in [0.25, 0.3) is 0 Å². The molecule has 35 heavy (non-hydrogen) atoms. The van der Waals surface area contributed by atoms with E-state index in [-0.39, 0.29) is 18.9 Å². The molecule has 0 aromatic heterocycles. The number of hydrogen-bond acceptors (Lipinski definition) is 7. The fraction of sp³-hybridized carbons (Fsp3) is 0.609. The van der Waals surface area contributed by atoms with Gasteiger partial charge in [-0.05, 0) is 56.7 Å². The number of imide groups is 1. The van der Waals surface area contributed by atoms with Crippen LogP contribution in [0.5, 0.6) is 0 Å². The average molecular weight is 497 g/mol. The molecule has 12 heteroatoms. The van der Waals surface area contributed by atoms with E-state index in [1.54, 1.807) is 0 Å². The van der Waals surface area contributed by atoms with Crippen molar-refractivity contribution in [1.82, 2.24) is 5.32 Å². The Labute approximate surface area is 200 Å². The lowest BCUT2D eigenvalue weighted by Crippen LogP contribution is -2.56. The van der Waals surface area contributed by atoms with E-state index in [0.717, 1.165) is 37.8 Å². The van der Waals surface area contributed by atoms with Gasteiger partial charge in [0.05, 0.1) is 36.1 Å². The number of nitrogens with one attached hydrogen (secondary N) is 1. The number of alkyl halides is 3. The van der Waals surface area contributed by atoms with Crippen molar-refractivity contribution in [2.45, 2.75) is 62.8 Å². The van der Waals surface area contributed by atoms with Gasteiger partial charge in [-0.25, -0.2) is 9.69 Å². The number of anilines is 1. The number of amides is 3. The van der Waals surface area contributed by atoms with Crippen LogP contribution in [0.1, 0.15) is 49.7 Å². The Bertz CT molecular complexity index is 962. The Hall–Kier alpha value is -2.72. The van der Waals surface area contributed by atoms with Crippen LogP contribution in [-0.4, -0.2) is 56.5 Å². The zero-order valence-electron chi connectivity index (χ0n) is 18.9. The quantitative estimate of drug-likeness (QED) is 0.575. The summed E-state index contributed by atoms with van der Waals surface area (Å²) in [5, 5.41) is 11.6. The van der Waals surface area contributed by atoms with Gasteiger partial charge in [-0.3, -0.25) is 4.79 Å². The molecular weight excluding hydrogens is 471 g/mol. The number of benzene rings is 1. The molecule has 0 radical (unpaired) electrons. The number of nitrogens with zero attached hydrogens (tertiary/aromatic N) is 2. The third-order valence-corrected chi connectivity index (χ3v) is 6.16. The summed E-state index contributed by atoms with van der Waals surface area (Å²) in [5.41, 5.74) is -3.86. The molecule has 2 atom stereocenters. The van der Waals surface area contributed by atoms with Gasteiger partial charge < -0.3 is 24.3 Å². The van der Waals surface area contributed by atoms with Crippen molar-refractivity contribution < 1.29 is 41.7 Å². The van der Waals surface area contributed by atoms with Gasteiger partial charge in [0.15, 0.2) is 18.1 Å². The maximum absolute atomic E-state index is 13.6. The predicted octanol–water partition coefficient (Wildman–Crippen LogP) is 3.46. The summed E-state index contributed by atoms with van der Waals surface area (Å²) in [6, 6.07) is 3.22. The molecule has 190 valence electrons. The first-order chi connectivity index (χ1) is 16.7. The Morgan fingerprint density at radius 3 is 2.14 bits per heavy atom. The molecular formula is C23H26F3N3O6. The van der Waals surface area contributed by atoms with E-state index in [4.69, 9.17) is 24.2 Å². The van der Waals surface area contributed by atoms with Crippen LogP contribution < -0.4 is 10.2 Å². The lowest BCUT2D eigenvalue weighted by Gasteiger charge is -2.32. The fourth-order valence-electron chi connectivity index (χ4n) is 4.25. The molecule has 3 fully saturated rings. The van der Waals surface area contributed by atoms with Crippen molar-refractivity contribution in [2.24, 2.45) is 0 Å². The fourth-order valence-corrected chi connectivity index (χ4v) is 4.25. The molecule has 9 nitrogen and oxygen atoms in total. The minimum atomic E-state index is -4.85. The maximum Gasteiger partial charge on any atom is 0.417 e. The molecule has 0 bridgehead atoms. The Morgan fingerprint density at radius 1 is 1.06 bits per heavy atom. The van der Waals surface area contributed by atoms with Crippen molar-refractivity contribution in [2.75, 3.05) is 31.3 Å². The van der Waals surface area contributed by atoms with Crippen LogP contribution in [0.3, 0.4) is 0 Å². The number of halogens is 3. The largest absolute Gasteiger partial charge is 0.417 e. The van der Waals surface area contributed by atoms with E-state index >= 15 is 0 Å². The van der Waals surface area contributed by atoms with Crippen molar-refractivity contribution in [1.29, 1.82) is 5.26 Å². The predicted molar refractivity (Wildman–Crippen MR) is 114 cm³/mol. The molecule has 4 rings (SSSR count). The van der Waals surface area contributed by atoms with E-state index in [2.05, 4.69) is 5.32 Å². The lowest BCUT2D eigenvalue weighted by atomic mass is 10.0. The summed E-state index contributed by atoms with van der Waals surface area (Å²) in [6.45, 7) is 0.408. The van der Waals surface area contributed by atoms with Gasteiger partial charge in [-0.2, -0.15) is 18.4 Å². The van der Waals surface area contributed by atoms with Gasteiger partial charge >= 0.3 is 12.2 Å². The second kappa shape index (κ2) is 10.5. The first-order valence-electron chi connectivity index (χ1n) is 11.5. The van der Waals surface area contributed by atoms with Crippen LogP contribution in [0.2, 0.25) is 0 Å². The molecule has 1 N–H and O–H groups in total. The minimum Gasteiger partial charge on any atom is -0.353 e. The molecule has 0 aliphatic carbocycles. The topological polar surface area (TPSA) is 110 Å². The van der Waals surface area contributed by atoms with Crippen molar-refractivity contribution in [3.05, 3.63) is 29.3 Å². The summed E-state index contributed by atoms with van der Waals surface area (Å²) in [6.07, 6.45) is -1.25. The van der Waals surface area contributed by atoms with E-state index in [0.29, 0.717) is 37.0 Å². The van der Waals surface area contributed by atoms with Crippen LogP contribution >= 0.6 is 0 Å². The van der Waals surface area contributed by atoms with E-state index in [1.165, 1.54) is 6.07 Å². The first-order valence-corrected chi connectivity index (χ1v) is 11.5. The highest BCUT2D eigenvalue weighted by Gasteiger charge is 2.53.